The Morgan fingerprint density at radius 2 is 2.12 bits per heavy atom. The van der Waals surface area contributed by atoms with Crippen molar-refractivity contribution in [2.24, 2.45) is 0 Å². The number of carbonyl (C=O) groups excluding carboxylic acids is 2. The summed E-state index contributed by atoms with van der Waals surface area (Å²) in [4.78, 5) is 25.6. The molecule has 1 heterocycles. The quantitative estimate of drug-likeness (QED) is 0.821. The molecule has 24 heavy (non-hydrogen) atoms. The average Bonchev–Trinajstić information content (AvgIpc) is 3.04. The van der Waals surface area contributed by atoms with E-state index in [0.29, 0.717) is 18.7 Å². The minimum atomic E-state index is -0.740. The van der Waals surface area contributed by atoms with Gasteiger partial charge in [0.05, 0.1) is 6.07 Å². The standard InChI is InChI=1S/C17H22N4O2S/c1-21(11-14-5-3-2-4-6-14)16(23)19-9-7-15(22)20-17(12-18)8-10-24-13-17/h2-6H,7-11,13H2,1H3,(H,19,23)(H,20,22)/t17-/m0/s1. The third-order valence-electron chi connectivity index (χ3n) is 3.85. The smallest absolute Gasteiger partial charge is 0.317 e. The van der Waals surface area contributed by atoms with Gasteiger partial charge in [-0.3, -0.25) is 4.79 Å². The number of benzene rings is 1. The van der Waals surface area contributed by atoms with Crippen LogP contribution in [0, 0.1) is 11.3 Å². The highest BCUT2D eigenvalue weighted by atomic mass is 32.2. The molecule has 1 aliphatic heterocycles. The van der Waals surface area contributed by atoms with Crippen molar-refractivity contribution >= 4 is 23.7 Å². The van der Waals surface area contributed by atoms with E-state index in [1.54, 1.807) is 23.7 Å². The summed E-state index contributed by atoms with van der Waals surface area (Å²) in [6, 6.07) is 11.7. The summed E-state index contributed by atoms with van der Waals surface area (Å²) in [6.45, 7) is 0.756. The molecule has 0 radical (unpaired) electrons. The lowest BCUT2D eigenvalue weighted by Crippen LogP contribution is -2.48. The third-order valence-corrected chi connectivity index (χ3v) is 5.04. The Bertz CT molecular complexity index is 609. The zero-order valence-corrected chi connectivity index (χ0v) is 14.6. The number of hydrogen-bond acceptors (Lipinski definition) is 4. The molecule has 0 unspecified atom stereocenters. The number of thioether (sulfide) groups is 1. The van der Waals surface area contributed by atoms with Crippen molar-refractivity contribution in [2.75, 3.05) is 25.1 Å². The van der Waals surface area contributed by atoms with Crippen LogP contribution in [0.5, 0.6) is 0 Å². The van der Waals surface area contributed by atoms with E-state index in [2.05, 4.69) is 16.7 Å². The largest absolute Gasteiger partial charge is 0.337 e. The monoisotopic (exact) mass is 346 g/mol. The van der Waals surface area contributed by atoms with Crippen molar-refractivity contribution in [2.45, 2.75) is 24.9 Å². The molecule has 1 aromatic carbocycles. The number of carbonyl (C=O) groups is 2. The predicted octanol–water partition coefficient (Wildman–Crippen LogP) is 1.73. The van der Waals surface area contributed by atoms with Gasteiger partial charge in [0.1, 0.15) is 5.54 Å². The fourth-order valence-electron chi connectivity index (χ4n) is 2.46. The Balaban J connectivity index is 1.70. The molecule has 0 aromatic heterocycles. The molecule has 1 aromatic rings. The molecule has 3 amide bonds. The van der Waals surface area contributed by atoms with Gasteiger partial charge in [0.25, 0.3) is 0 Å². The minimum Gasteiger partial charge on any atom is -0.337 e. The van der Waals surface area contributed by atoms with E-state index in [-0.39, 0.29) is 24.9 Å². The molecular formula is C17H22N4O2S. The number of urea groups is 1. The van der Waals surface area contributed by atoms with Gasteiger partial charge in [0, 0.05) is 32.3 Å². The molecule has 1 atom stereocenters. The Morgan fingerprint density at radius 1 is 1.38 bits per heavy atom. The van der Waals surface area contributed by atoms with E-state index in [0.717, 1.165) is 11.3 Å². The normalized spacial score (nSPS) is 19.3. The van der Waals surface area contributed by atoms with Crippen LogP contribution in [-0.2, 0) is 11.3 Å². The Kier molecular flexibility index (Phi) is 6.50. The molecule has 128 valence electrons. The minimum absolute atomic E-state index is 0.166. The lowest BCUT2D eigenvalue weighted by atomic mass is 10.0. The Morgan fingerprint density at radius 3 is 2.75 bits per heavy atom. The third kappa shape index (κ3) is 5.17. The number of amides is 3. The van der Waals surface area contributed by atoms with Gasteiger partial charge in [0.2, 0.25) is 5.91 Å². The van der Waals surface area contributed by atoms with E-state index < -0.39 is 5.54 Å². The molecule has 1 aliphatic rings. The van der Waals surface area contributed by atoms with Crippen LogP contribution >= 0.6 is 11.8 Å². The van der Waals surface area contributed by atoms with Gasteiger partial charge in [-0.1, -0.05) is 30.3 Å². The maximum absolute atomic E-state index is 12.0. The summed E-state index contributed by atoms with van der Waals surface area (Å²) in [6.07, 6.45) is 0.838. The van der Waals surface area contributed by atoms with Crippen LogP contribution in [0.2, 0.25) is 0 Å². The highest BCUT2D eigenvalue weighted by molar-refractivity contribution is 7.99. The fourth-order valence-corrected chi connectivity index (χ4v) is 3.72. The molecule has 0 aliphatic carbocycles. The zero-order valence-electron chi connectivity index (χ0n) is 13.7. The van der Waals surface area contributed by atoms with Gasteiger partial charge in [-0.15, -0.1) is 0 Å². The summed E-state index contributed by atoms with van der Waals surface area (Å²) in [5, 5.41) is 14.8. The Hall–Kier alpha value is -2.20. The average molecular weight is 346 g/mol. The van der Waals surface area contributed by atoms with Crippen molar-refractivity contribution < 1.29 is 9.59 Å². The molecule has 0 saturated carbocycles. The topological polar surface area (TPSA) is 85.2 Å². The van der Waals surface area contributed by atoms with Gasteiger partial charge < -0.3 is 15.5 Å². The van der Waals surface area contributed by atoms with Crippen molar-refractivity contribution in [3.8, 4) is 6.07 Å². The molecule has 7 heteroatoms. The van der Waals surface area contributed by atoms with Crippen LogP contribution in [0.25, 0.3) is 0 Å². The summed E-state index contributed by atoms with van der Waals surface area (Å²) >= 11 is 1.67. The van der Waals surface area contributed by atoms with Crippen LogP contribution in [0.1, 0.15) is 18.4 Å². The van der Waals surface area contributed by atoms with Gasteiger partial charge in [-0.25, -0.2) is 4.79 Å². The number of nitrogens with zero attached hydrogens (tertiary/aromatic N) is 2. The first-order valence-corrected chi connectivity index (χ1v) is 9.03. The highest BCUT2D eigenvalue weighted by Crippen LogP contribution is 2.27. The fraction of sp³-hybridized carbons (Fsp3) is 0.471. The molecule has 1 fully saturated rings. The molecule has 6 nitrogen and oxygen atoms in total. The Labute approximate surface area is 146 Å². The van der Waals surface area contributed by atoms with E-state index in [4.69, 9.17) is 0 Å². The predicted molar refractivity (Wildman–Crippen MR) is 94.4 cm³/mol. The van der Waals surface area contributed by atoms with Crippen molar-refractivity contribution in [1.29, 1.82) is 5.26 Å². The van der Waals surface area contributed by atoms with Crippen molar-refractivity contribution in [3.05, 3.63) is 35.9 Å². The van der Waals surface area contributed by atoms with Gasteiger partial charge in [-0.05, 0) is 17.7 Å². The number of nitrogens with one attached hydrogen (secondary N) is 2. The second kappa shape index (κ2) is 8.60. The highest BCUT2D eigenvalue weighted by Gasteiger charge is 2.35. The van der Waals surface area contributed by atoms with Crippen LogP contribution < -0.4 is 10.6 Å². The molecule has 0 bridgehead atoms. The maximum atomic E-state index is 12.0. The van der Waals surface area contributed by atoms with E-state index >= 15 is 0 Å². The lowest BCUT2D eigenvalue weighted by Gasteiger charge is -2.21. The van der Waals surface area contributed by atoms with Crippen LogP contribution in [0.3, 0.4) is 0 Å². The maximum Gasteiger partial charge on any atom is 0.317 e. The molecule has 1 saturated heterocycles. The van der Waals surface area contributed by atoms with Crippen molar-refractivity contribution in [3.63, 3.8) is 0 Å². The molecule has 2 N–H and O–H groups in total. The summed E-state index contributed by atoms with van der Waals surface area (Å²) in [7, 11) is 1.71. The summed E-state index contributed by atoms with van der Waals surface area (Å²) in [5.74, 6) is 1.31. The summed E-state index contributed by atoms with van der Waals surface area (Å²) in [5.41, 5.74) is 0.304. The second-order valence-corrected chi connectivity index (χ2v) is 6.97. The van der Waals surface area contributed by atoms with Gasteiger partial charge in [-0.2, -0.15) is 17.0 Å². The molecule has 2 rings (SSSR count). The lowest BCUT2D eigenvalue weighted by molar-refractivity contribution is -0.122. The van der Waals surface area contributed by atoms with E-state index in [1.807, 2.05) is 30.3 Å². The van der Waals surface area contributed by atoms with Crippen LogP contribution in [0.4, 0.5) is 4.79 Å². The second-order valence-electron chi connectivity index (χ2n) is 5.87. The van der Waals surface area contributed by atoms with E-state index in [9.17, 15) is 14.9 Å². The summed E-state index contributed by atoms with van der Waals surface area (Å²) < 4.78 is 0. The molecule has 0 spiro atoms. The number of rotatable bonds is 6. The van der Waals surface area contributed by atoms with E-state index in [1.165, 1.54) is 0 Å². The number of nitriles is 1. The molecular weight excluding hydrogens is 324 g/mol. The van der Waals surface area contributed by atoms with Crippen LogP contribution in [0.15, 0.2) is 30.3 Å². The van der Waals surface area contributed by atoms with Gasteiger partial charge in [0.15, 0.2) is 0 Å². The first-order chi connectivity index (χ1) is 11.5. The SMILES string of the molecule is CN(Cc1ccccc1)C(=O)NCCC(=O)N[C@]1(C#N)CCSC1. The number of hydrogen-bond donors (Lipinski definition) is 2. The zero-order chi connectivity index (χ0) is 17.4. The van der Waals surface area contributed by atoms with Crippen molar-refractivity contribution in [1.82, 2.24) is 15.5 Å². The van der Waals surface area contributed by atoms with Gasteiger partial charge >= 0.3 is 6.03 Å². The first kappa shape index (κ1) is 18.1. The first-order valence-electron chi connectivity index (χ1n) is 7.87. The van der Waals surface area contributed by atoms with Crippen LogP contribution in [-0.4, -0.2) is 47.5 Å².